The molecule has 0 fully saturated rings. The molecule has 1 aromatic carbocycles. The highest BCUT2D eigenvalue weighted by Gasteiger charge is 2.12. The van der Waals surface area contributed by atoms with Crippen LogP contribution in [0.25, 0.3) is 11.0 Å². The minimum atomic E-state index is -1.04. The average molecular weight is 289 g/mol. The Morgan fingerprint density at radius 1 is 1.30 bits per heavy atom. The molecule has 0 unspecified atom stereocenters. The van der Waals surface area contributed by atoms with E-state index in [1.54, 1.807) is 12.1 Å². The standard InChI is InChI=1S/C13H9ClN4O2/c14-7-2-1-3-8(4-7)17-11-9-5-10(13(19)20)18-12(9)16-6-15-11/h1-6H,(H,19,20)(H2,15,16,17,18). The van der Waals surface area contributed by atoms with Crippen LogP contribution in [0, 0.1) is 0 Å². The second kappa shape index (κ2) is 4.82. The van der Waals surface area contributed by atoms with Crippen molar-refractivity contribution in [3.05, 3.63) is 47.4 Å². The van der Waals surface area contributed by atoms with Gasteiger partial charge < -0.3 is 15.4 Å². The molecular formula is C13H9ClN4O2. The van der Waals surface area contributed by atoms with Gasteiger partial charge in [-0.25, -0.2) is 14.8 Å². The van der Waals surface area contributed by atoms with E-state index in [4.69, 9.17) is 16.7 Å². The summed E-state index contributed by atoms with van der Waals surface area (Å²) >= 11 is 5.92. The van der Waals surface area contributed by atoms with E-state index in [9.17, 15) is 4.79 Å². The van der Waals surface area contributed by atoms with Crippen molar-refractivity contribution in [1.82, 2.24) is 15.0 Å². The van der Waals surface area contributed by atoms with E-state index < -0.39 is 5.97 Å². The molecule has 0 saturated carbocycles. The number of rotatable bonds is 3. The van der Waals surface area contributed by atoms with Gasteiger partial charge in [0, 0.05) is 10.7 Å². The van der Waals surface area contributed by atoms with Crippen molar-refractivity contribution < 1.29 is 9.90 Å². The van der Waals surface area contributed by atoms with Crippen molar-refractivity contribution in [1.29, 1.82) is 0 Å². The zero-order valence-electron chi connectivity index (χ0n) is 10.1. The first-order chi connectivity index (χ1) is 9.63. The molecule has 0 aliphatic carbocycles. The van der Waals surface area contributed by atoms with Crippen LogP contribution in [0.5, 0.6) is 0 Å². The lowest BCUT2D eigenvalue weighted by Crippen LogP contribution is -1.94. The number of aromatic amines is 1. The summed E-state index contributed by atoms with van der Waals surface area (Å²) in [5, 5.41) is 13.3. The molecule has 0 aliphatic rings. The zero-order chi connectivity index (χ0) is 14.1. The van der Waals surface area contributed by atoms with E-state index in [0.29, 0.717) is 21.9 Å². The summed E-state index contributed by atoms with van der Waals surface area (Å²) in [4.78, 5) is 21.8. The number of nitrogens with one attached hydrogen (secondary N) is 2. The van der Waals surface area contributed by atoms with Gasteiger partial charge in [-0.3, -0.25) is 0 Å². The van der Waals surface area contributed by atoms with Crippen molar-refractivity contribution in [2.75, 3.05) is 5.32 Å². The molecule has 100 valence electrons. The second-order valence-corrected chi connectivity index (χ2v) is 4.54. The number of nitrogens with zero attached hydrogens (tertiary/aromatic N) is 2. The molecule has 6 nitrogen and oxygen atoms in total. The van der Waals surface area contributed by atoms with Crippen molar-refractivity contribution in [3.8, 4) is 0 Å². The molecular weight excluding hydrogens is 280 g/mol. The van der Waals surface area contributed by atoms with Gasteiger partial charge in [0.15, 0.2) is 0 Å². The summed E-state index contributed by atoms with van der Waals surface area (Å²) in [6, 6.07) is 8.65. The number of H-pyrrole nitrogens is 1. The fourth-order valence-corrected chi connectivity index (χ4v) is 2.05. The Balaban J connectivity index is 2.05. The molecule has 2 heterocycles. The van der Waals surface area contributed by atoms with Gasteiger partial charge in [-0.2, -0.15) is 0 Å². The molecule has 0 aliphatic heterocycles. The van der Waals surface area contributed by atoms with Crippen molar-refractivity contribution in [3.63, 3.8) is 0 Å². The maximum atomic E-state index is 11.0. The Kier molecular flexibility index (Phi) is 3.00. The summed E-state index contributed by atoms with van der Waals surface area (Å²) in [6.07, 6.45) is 1.36. The quantitative estimate of drug-likeness (QED) is 0.689. The van der Waals surface area contributed by atoms with Crippen LogP contribution in [-0.4, -0.2) is 26.0 Å². The van der Waals surface area contributed by atoms with Gasteiger partial charge in [0.05, 0.1) is 5.39 Å². The number of carboxylic acid groups (broad SMARTS) is 1. The van der Waals surface area contributed by atoms with Crippen LogP contribution >= 0.6 is 11.6 Å². The molecule has 0 bridgehead atoms. The number of halogens is 1. The Morgan fingerprint density at radius 2 is 2.15 bits per heavy atom. The Morgan fingerprint density at radius 3 is 2.90 bits per heavy atom. The fraction of sp³-hybridized carbons (Fsp3) is 0. The first-order valence-corrected chi connectivity index (χ1v) is 6.11. The van der Waals surface area contributed by atoms with E-state index in [-0.39, 0.29) is 5.69 Å². The highest BCUT2D eigenvalue weighted by Crippen LogP contribution is 2.25. The highest BCUT2D eigenvalue weighted by atomic mass is 35.5. The van der Waals surface area contributed by atoms with Crippen molar-refractivity contribution in [2.45, 2.75) is 0 Å². The molecule has 2 aromatic heterocycles. The maximum absolute atomic E-state index is 11.0. The molecule has 20 heavy (non-hydrogen) atoms. The molecule has 3 rings (SSSR count). The maximum Gasteiger partial charge on any atom is 0.352 e. The number of benzene rings is 1. The fourth-order valence-electron chi connectivity index (χ4n) is 1.86. The first kappa shape index (κ1) is 12.4. The summed E-state index contributed by atoms with van der Waals surface area (Å²) in [7, 11) is 0. The first-order valence-electron chi connectivity index (χ1n) is 5.73. The van der Waals surface area contributed by atoms with Gasteiger partial charge in [-0.1, -0.05) is 17.7 Å². The molecule has 0 spiro atoms. The van der Waals surface area contributed by atoms with Crippen LogP contribution < -0.4 is 5.32 Å². The lowest BCUT2D eigenvalue weighted by molar-refractivity contribution is 0.0691. The number of carboxylic acids is 1. The smallest absolute Gasteiger partial charge is 0.352 e. The normalized spacial score (nSPS) is 10.7. The molecule has 0 saturated heterocycles. The van der Waals surface area contributed by atoms with Crippen LogP contribution in [0.3, 0.4) is 0 Å². The third-order valence-corrected chi connectivity index (χ3v) is 2.98. The van der Waals surface area contributed by atoms with Crippen LogP contribution in [0.15, 0.2) is 36.7 Å². The van der Waals surface area contributed by atoms with E-state index in [1.807, 2.05) is 12.1 Å². The summed E-state index contributed by atoms with van der Waals surface area (Å²) in [5.41, 5.74) is 1.28. The summed E-state index contributed by atoms with van der Waals surface area (Å²) in [6.45, 7) is 0. The van der Waals surface area contributed by atoms with Gasteiger partial charge in [0.2, 0.25) is 0 Å². The molecule has 0 atom stereocenters. The monoisotopic (exact) mass is 288 g/mol. The Hall–Kier alpha value is -2.60. The number of carbonyl (C=O) groups is 1. The number of hydrogen-bond donors (Lipinski definition) is 3. The molecule has 3 aromatic rings. The van der Waals surface area contributed by atoms with Crippen LogP contribution in [0.2, 0.25) is 5.02 Å². The number of aromatic nitrogens is 3. The van der Waals surface area contributed by atoms with Crippen LogP contribution in [-0.2, 0) is 0 Å². The van der Waals surface area contributed by atoms with E-state index >= 15 is 0 Å². The molecule has 0 radical (unpaired) electrons. The van der Waals surface area contributed by atoms with Crippen molar-refractivity contribution >= 4 is 40.1 Å². The molecule has 0 amide bonds. The van der Waals surface area contributed by atoms with Gasteiger partial charge in [0.25, 0.3) is 0 Å². The second-order valence-electron chi connectivity index (χ2n) is 4.11. The Bertz CT molecular complexity index is 800. The number of hydrogen-bond acceptors (Lipinski definition) is 4. The Labute approximate surface area is 118 Å². The predicted molar refractivity (Wildman–Crippen MR) is 75.6 cm³/mol. The number of aromatic carboxylic acids is 1. The summed E-state index contributed by atoms with van der Waals surface area (Å²) in [5.74, 6) is -0.530. The third kappa shape index (κ3) is 2.28. The van der Waals surface area contributed by atoms with Gasteiger partial charge >= 0.3 is 5.97 Å². The number of anilines is 2. The minimum Gasteiger partial charge on any atom is -0.477 e. The summed E-state index contributed by atoms with van der Waals surface area (Å²) < 4.78 is 0. The van der Waals surface area contributed by atoms with Crippen molar-refractivity contribution in [2.24, 2.45) is 0 Å². The number of fused-ring (bicyclic) bond motifs is 1. The average Bonchev–Trinajstić information content (AvgIpc) is 2.84. The van der Waals surface area contributed by atoms with Gasteiger partial charge in [-0.15, -0.1) is 0 Å². The minimum absolute atomic E-state index is 0.0645. The van der Waals surface area contributed by atoms with E-state index in [0.717, 1.165) is 5.69 Å². The van der Waals surface area contributed by atoms with E-state index in [1.165, 1.54) is 12.4 Å². The topological polar surface area (TPSA) is 90.9 Å². The zero-order valence-corrected chi connectivity index (χ0v) is 10.8. The lowest BCUT2D eigenvalue weighted by Gasteiger charge is -2.06. The molecule has 7 heteroatoms. The van der Waals surface area contributed by atoms with Gasteiger partial charge in [0.1, 0.15) is 23.5 Å². The lowest BCUT2D eigenvalue weighted by atomic mass is 10.3. The highest BCUT2D eigenvalue weighted by molar-refractivity contribution is 6.30. The molecule has 3 N–H and O–H groups in total. The third-order valence-electron chi connectivity index (χ3n) is 2.74. The van der Waals surface area contributed by atoms with E-state index in [2.05, 4.69) is 20.3 Å². The van der Waals surface area contributed by atoms with Crippen LogP contribution in [0.1, 0.15) is 10.5 Å². The van der Waals surface area contributed by atoms with Crippen LogP contribution in [0.4, 0.5) is 11.5 Å². The predicted octanol–water partition coefficient (Wildman–Crippen LogP) is 3.05. The SMILES string of the molecule is O=C(O)c1cc2c(Nc3cccc(Cl)c3)ncnc2[nH]1. The largest absolute Gasteiger partial charge is 0.477 e. The van der Waals surface area contributed by atoms with Gasteiger partial charge in [-0.05, 0) is 24.3 Å².